The fourth-order valence-corrected chi connectivity index (χ4v) is 3.82. The molecule has 8 nitrogen and oxygen atoms in total. The fourth-order valence-electron chi connectivity index (χ4n) is 3.82. The average molecular weight is 408 g/mol. The van der Waals surface area contributed by atoms with Gasteiger partial charge in [-0.1, -0.05) is 12.1 Å². The highest BCUT2D eigenvalue weighted by Crippen LogP contribution is 2.22. The van der Waals surface area contributed by atoms with Gasteiger partial charge in [-0.15, -0.1) is 10.2 Å². The highest BCUT2D eigenvalue weighted by Gasteiger charge is 2.20. The van der Waals surface area contributed by atoms with E-state index >= 15 is 0 Å². The Morgan fingerprint density at radius 1 is 1.10 bits per heavy atom. The Balaban J connectivity index is 1.25. The summed E-state index contributed by atoms with van der Waals surface area (Å²) < 4.78 is 7.40. The second kappa shape index (κ2) is 9.47. The number of fused-ring (bicyclic) bond motifs is 1. The first-order chi connectivity index (χ1) is 14.8. The molecule has 1 fully saturated rings. The predicted molar refractivity (Wildman–Crippen MR) is 119 cm³/mol. The molecule has 0 aliphatic carbocycles. The van der Waals surface area contributed by atoms with Crippen LogP contribution in [0.3, 0.4) is 0 Å². The molecule has 0 bridgehead atoms. The van der Waals surface area contributed by atoms with Gasteiger partial charge in [0.05, 0.1) is 7.11 Å². The van der Waals surface area contributed by atoms with Gasteiger partial charge in [0.25, 0.3) is 0 Å². The first-order valence-corrected chi connectivity index (χ1v) is 10.4. The second-order valence-electron chi connectivity index (χ2n) is 7.30. The standard InChI is InChI=1S/C22H29N7O/c1-23-22(24-11-6-10-21-26-25-20-9-3-4-12-29(20)21)28-15-13-27(14-16-28)18-7-5-8-19(17-18)30-2/h3-5,7-9,12,17H,6,10-11,13-16H2,1-2H3,(H,23,24). The van der Waals surface area contributed by atoms with Crippen LogP contribution in [0, 0.1) is 0 Å². The highest BCUT2D eigenvalue weighted by molar-refractivity contribution is 5.80. The van der Waals surface area contributed by atoms with E-state index in [2.05, 4.69) is 42.4 Å². The maximum Gasteiger partial charge on any atom is 0.193 e. The number of aliphatic imine (C=N–C) groups is 1. The molecule has 8 heteroatoms. The first kappa shape index (κ1) is 20.0. The van der Waals surface area contributed by atoms with Crippen molar-refractivity contribution < 1.29 is 4.74 Å². The van der Waals surface area contributed by atoms with Crippen LogP contribution in [0.25, 0.3) is 5.65 Å². The van der Waals surface area contributed by atoms with Gasteiger partial charge in [0.2, 0.25) is 0 Å². The number of ether oxygens (including phenoxy) is 1. The number of piperazine rings is 1. The summed E-state index contributed by atoms with van der Waals surface area (Å²) in [5.74, 6) is 2.86. The average Bonchev–Trinajstić information content (AvgIpc) is 3.22. The van der Waals surface area contributed by atoms with E-state index in [1.54, 1.807) is 7.11 Å². The number of aromatic nitrogens is 3. The normalized spacial score (nSPS) is 14.9. The second-order valence-corrected chi connectivity index (χ2v) is 7.30. The number of aryl methyl sites for hydroxylation is 1. The summed E-state index contributed by atoms with van der Waals surface area (Å²) in [7, 11) is 3.56. The van der Waals surface area contributed by atoms with Crippen molar-refractivity contribution in [2.45, 2.75) is 12.8 Å². The molecular formula is C22H29N7O. The highest BCUT2D eigenvalue weighted by atomic mass is 16.5. The summed E-state index contributed by atoms with van der Waals surface area (Å²) in [6, 6.07) is 14.2. The molecule has 0 radical (unpaired) electrons. The molecule has 1 aromatic carbocycles. The van der Waals surface area contributed by atoms with Crippen LogP contribution in [-0.4, -0.2) is 72.3 Å². The fraction of sp³-hybridized carbons (Fsp3) is 0.409. The van der Waals surface area contributed by atoms with Crippen LogP contribution in [-0.2, 0) is 6.42 Å². The number of methoxy groups -OCH3 is 1. The van der Waals surface area contributed by atoms with E-state index in [-0.39, 0.29) is 0 Å². The Morgan fingerprint density at radius 3 is 2.77 bits per heavy atom. The van der Waals surface area contributed by atoms with Crippen molar-refractivity contribution in [2.24, 2.45) is 4.99 Å². The molecule has 3 heterocycles. The zero-order chi connectivity index (χ0) is 20.8. The van der Waals surface area contributed by atoms with Gasteiger partial charge >= 0.3 is 0 Å². The number of rotatable bonds is 6. The summed E-state index contributed by atoms with van der Waals surface area (Å²) in [5.41, 5.74) is 2.10. The predicted octanol–water partition coefficient (Wildman–Crippen LogP) is 2.07. The van der Waals surface area contributed by atoms with E-state index in [1.807, 2.05) is 48.0 Å². The molecule has 158 valence electrons. The number of guanidine groups is 1. The third kappa shape index (κ3) is 4.48. The van der Waals surface area contributed by atoms with Crippen molar-refractivity contribution in [2.75, 3.05) is 51.8 Å². The summed E-state index contributed by atoms with van der Waals surface area (Å²) in [5, 5.41) is 12.0. The number of nitrogens with one attached hydrogen (secondary N) is 1. The third-order valence-corrected chi connectivity index (χ3v) is 5.45. The van der Waals surface area contributed by atoms with Crippen LogP contribution in [0.15, 0.2) is 53.7 Å². The van der Waals surface area contributed by atoms with Crippen LogP contribution in [0.5, 0.6) is 5.75 Å². The quantitative estimate of drug-likeness (QED) is 0.383. The van der Waals surface area contributed by atoms with Crippen molar-refractivity contribution in [1.29, 1.82) is 0 Å². The van der Waals surface area contributed by atoms with Crippen LogP contribution in [0.2, 0.25) is 0 Å². The van der Waals surface area contributed by atoms with Gasteiger partial charge in [-0.3, -0.25) is 9.39 Å². The van der Waals surface area contributed by atoms with E-state index in [1.165, 1.54) is 5.69 Å². The van der Waals surface area contributed by atoms with Gasteiger partial charge in [-0.05, 0) is 30.7 Å². The Bertz CT molecular complexity index is 992. The molecule has 0 saturated carbocycles. The summed E-state index contributed by atoms with van der Waals surface area (Å²) in [6.45, 7) is 4.64. The maximum absolute atomic E-state index is 5.35. The summed E-state index contributed by atoms with van der Waals surface area (Å²) >= 11 is 0. The molecule has 3 aromatic rings. The lowest BCUT2D eigenvalue weighted by Crippen LogP contribution is -2.52. The molecule has 2 aromatic heterocycles. The third-order valence-electron chi connectivity index (χ3n) is 5.45. The van der Waals surface area contributed by atoms with Crippen LogP contribution >= 0.6 is 0 Å². The largest absolute Gasteiger partial charge is 0.497 e. The van der Waals surface area contributed by atoms with Crippen molar-refractivity contribution in [1.82, 2.24) is 24.8 Å². The smallest absolute Gasteiger partial charge is 0.193 e. The van der Waals surface area contributed by atoms with Gasteiger partial charge in [-0.25, -0.2) is 0 Å². The number of anilines is 1. The molecule has 0 atom stereocenters. The molecular weight excluding hydrogens is 378 g/mol. The lowest BCUT2D eigenvalue weighted by Gasteiger charge is -2.37. The minimum Gasteiger partial charge on any atom is -0.497 e. The molecule has 4 rings (SSSR count). The zero-order valence-corrected chi connectivity index (χ0v) is 17.7. The van der Waals surface area contributed by atoms with Gasteiger partial charge in [0.1, 0.15) is 11.6 Å². The van der Waals surface area contributed by atoms with E-state index < -0.39 is 0 Å². The SMILES string of the molecule is CN=C(NCCCc1nnc2ccccn12)N1CCN(c2cccc(OC)c2)CC1. The zero-order valence-electron chi connectivity index (χ0n) is 17.7. The maximum atomic E-state index is 5.35. The molecule has 0 amide bonds. The molecule has 1 saturated heterocycles. The molecule has 30 heavy (non-hydrogen) atoms. The van der Waals surface area contributed by atoms with Crippen molar-refractivity contribution in [3.05, 3.63) is 54.5 Å². The monoisotopic (exact) mass is 407 g/mol. The Morgan fingerprint density at radius 2 is 1.97 bits per heavy atom. The lowest BCUT2D eigenvalue weighted by atomic mass is 10.2. The summed E-state index contributed by atoms with van der Waals surface area (Å²) in [4.78, 5) is 9.20. The number of benzene rings is 1. The minimum atomic E-state index is 0.852. The number of hydrogen-bond acceptors (Lipinski definition) is 5. The molecule has 1 N–H and O–H groups in total. The molecule has 0 spiro atoms. The van der Waals surface area contributed by atoms with Crippen molar-refractivity contribution in [3.8, 4) is 5.75 Å². The minimum absolute atomic E-state index is 0.852. The number of nitrogens with zero attached hydrogens (tertiary/aromatic N) is 6. The topological polar surface area (TPSA) is 70.3 Å². The van der Waals surface area contributed by atoms with Gasteiger partial charge in [0.15, 0.2) is 11.6 Å². The van der Waals surface area contributed by atoms with Crippen molar-refractivity contribution >= 4 is 17.3 Å². The molecule has 1 aliphatic rings. The first-order valence-electron chi connectivity index (χ1n) is 10.4. The molecule has 1 aliphatic heterocycles. The van der Waals surface area contributed by atoms with Crippen LogP contribution in [0.4, 0.5) is 5.69 Å². The molecule has 0 unspecified atom stereocenters. The van der Waals surface area contributed by atoms with E-state index in [0.717, 1.165) is 68.7 Å². The Labute approximate surface area is 177 Å². The van der Waals surface area contributed by atoms with Gasteiger partial charge < -0.3 is 19.9 Å². The van der Waals surface area contributed by atoms with Gasteiger partial charge in [-0.2, -0.15) is 0 Å². The summed E-state index contributed by atoms with van der Waals surface area (Å²) in [6.07, 6.45) is 3.86. The van der Waals surface area contributed by atoms with Crippen LogP contribution in [0.1, 0.15) is 12.2 Å². The van der Waals surface area contributed by atoms with Crippen molar-refractivity contribution in [3.63, 3.8) is 0 Å². The van der Waals surface area contributed by atoms with Crippen LogP contribution < -0.4 is 15.0 Å². The van der Waals surface area contributed by atoms with E-state index in [0.29, 0.717) is 0 Å². The lowest BCUT2D eigenvalue weighted by molar-refractivity contribution is 0.371. The Kier molecular flexibility index (Phi) is 6.32. The van der Waals surface area contributed by atoms with E-state index in [4.69, 9.17) is 4.74 Å². The Hall–Kier alpha value is -3.29. The number of pyridine rings is 1. The number of hydrogen-bond donors (Lipinski definition) is 1. The van der Waals surface area contributed by atoms with E-state index in [9.17, 15) is 0 Å². The van der Waals surface area contributed by atoms with Gasteiger partial charge in [0, 0.05) is 64.1 Å².